The Labute approximate surface area is 148 Å². The molecule has 0 aliphatic carbocycles. The first kappa shape index (κ1) is 17.2. The van der Waals surface area contributed by atoms with E-state index in [1.807, 2.05) is 36.5 Å². The molecule has 0 spiro atoms. The molecule has 1 aromatic heterocycles. The van der Waals surface area contributed by atoms with Crippen LogP contribution in [0.2, 0.25) is 0 Å². The molecule has 3 rings (SSSR count). The summed E-state index contributed by atoms with van der Waals surface area (Å²) < 4.78 is 12.1. The largest absolute Gasteiger partial charge is 0.482 e. The zero-order valence-electron chi connectivity index (χ0n) is 13.6. The second kappa shape index (κ2) is 7.93. The van der Waals surface area contributed by atoms with Crippen LogP contribution in [0.1, 0.15) is 5.56 Å². The van der Waals surface area contributed by atoms with Crippen LogP contribution in [0.4, 0.5) is 5.69 Å². The second-order valence-electron chi connectivity index (χ2n) is 5.32. The van der Waals surface area contributed by atoms with Gasteiger partial charge in [-0.3, -0.25) is 10.1 Å². The van der Waals surface area contributed by atoms with Gasteiger partial charge in [0.05, 0.1) is 10.6 Å². The quantitative estimate of drug-likeness (QED) is 0.368. The van der Waals surface area contributed by atoms with Gasteiger partial charge in [0.25, 0.3) is 5.69 Å². The summed E-state index contributed by atoms with van der Waals surface area (Å²) >= 11 is 0. The lowest BCUT2D eigenvalue weighted by Crippen LogP contribution is -2.14. The Morgan fingerprint density at radius 3 is 2.46 bits per heavy atom. The summed E-state index contributed by atoms with van der Waals surface area (Å²) in [5, 5.41) is 14.7. The fourth-order valence-electron chi connectivity index (χ4n) is 2.18. The molecule has 0 bridgehead atoms. The second-order valence-corrected chi connectivity index (χ2v) is 5.32. The Bertz CT molecular complexity index is 874. The number of nitrogens with zero attached hydrogens (tertiary/aromatic N) is 3. The van der Waals surface area contributed by atoms with Gasteiger partial charge in [-0.05, 0) is 35.9 Å². The van der Waals surface area contributed by atoms with Crippen molar-refractivity contribution in [3.63, 3.8) is 0 Å². The number of benzene rings is 2. The Morgan fingerprint density at radius 1 is 1.12 bits per heavy atom. The average Bonchev–Trinajstić information content (AvgIpc) is 3.20. The van der Waals surface area contributed by atoms with Gasteiger partial charge in [0, 0.05) is 24.5 Å². The number of non-ortho nitro benzene ring substituents is 1. The Morgan fingerprint density at radius 2 is 1.85 bits per heavy atom. The number of hydrogen-bond acceptors (Lipinski definition) is 6. The van der Waals surface area contributed by atoms with E-state index in [-0.39, 0.29) is 18.9 Å². The molecule has 3 aromatic rings. The molecule has 0 radical (unpaired) electrons. The molecule has 2 aromatic carbocycles. The summed E-state index contributed by atoms with van der Waals surface area (Å²) in [7, 11) is 0. The van der Waals surface area contributed by atoms with Gasteiger partial charge < -0.3 is 9.47 Å². The number of nitro benzene ring substituents is 1. The normalized spacial score (nSPS) is 10.3. The number of carbonyl (C=O) groups excluding carboxylic acids is 1. The van der Waals surface area contributed by atoms with E-state index in [9.17, 15) is 14.9 Å². The molecule has 26 heavy (non-hydrogen) atoms. The van der Waals surface area contributed by atoms with Crippen molar-refractivity contribution in [1.29, 1.82) is 0 Å². The number of nitro groups is 1. The third kappa shape index (κ3) is 4.44. The minimum atomic E-state index is -0.528. The van der Waals surface area contributed by atoms with Gasteiger partial charge >= 0.3 is 5.97 Å². The van der Waals surface area contributed by atoms with Gasteiger partial charge in [0.15, 0.2) is 6.61 Å². The van der Waals surface area contributed by atoms with Gasteiger partial charge in [-0.15, -0.1) is 0 Å². The third-order valence-electron chi connectivity index (χ3n) is 3.51. The molecule has 132 valence electrons. The summed E-state index contributed by atoms with van der Waals surface area (Å²) in [6.07, 6.45) is 3.53. The lowest BCUT2D eigenvalue weighted by molar-refractivity contribution is -0.384. The molecular formula is C18H15N3O5. The van der Waals surface area contributed by atoms with Crippen molar-refractivity contribution >= 4 is 11.7 Å². The number of carbonyl (C=O) groups is 1. The van der Waals surface area contributed by atoms with Crippen molar-refractivity contribution in [2.45, 2.75) is 6.61 Å². The minimum Gasteiger partial charge on any atom is -0.482 e. The molecule has 8 nitrogen and oxygen atoms in total. The fourth-order valence-corrected chi connectivity index (χ4v) is 2.18. The number of esters is 1. The van der Waals surface area contributed by atoms with Crippen LogP contribution in [0.15, 0.2) is 67.0 Å². The molecule has 0 saturated heterocycles. The van der Waals surface area contributed by atoms with E-state index in [1.54, 1.807) is 10.9 Å². The van der Waals surface area contributed by atoms with Gasteiger partial charge in [0.2, 0.25) is 0 Å². The van der Waals surface area contributed by atoms with Gasteiger partial charge in [-0.25, -0.2) is 9.48 Å². The zero-order chi connectivity index (χ0) is 18.4. The molecule has 0 amide bonds. The van der Waals surface area contributed by atoms with Crippen molar-refractivity contribution in [2.24, 2.45) is 0 Å². The maximum Gasteiger partial charge on any atom is 0.344 e. The van der Waals surface area contributed by atoms with Crippen molar-refractivity contribution in [2.75, 3.05) is 6.61 Å². The number of hydrogen-bond donors (Lipinski definition) is 0. The molecular weight excluding hydrogens is 338 g/mol. The lowest BCUT2D eigenvalue weighted by atomic mass is 10.2. The van der Waals surface area contributed by atoms with E-state index >= 15 is 0 Å². The van der Waals surface area contributed by atoms with Crippen LogP contribution in [0.25, 0.3) is 5.69 Å². The highest BCUT2D eigenvalue weighted by Crippen LogP contribution is 2.17. The van der Waals surface area contributed by atoms with Crippen LogP contribution < -0.4 is 4.74 Å². The van der Waals surface area contributed by atoms with Gasteiger partial charge in [-0.2, -0.15) is 5.10 Å². The summed E-state index contributed by atoms with van der Waals surface area (Å²) in [6, 6.07) is 14.8. The van der Waals surface area contributed by atoms with Crippen molar-refractivity contribution in [3.8, 4) is 11.4 Å². The van der Waals surface area contributed by atoms with Gasteiger partial charge in [-0.1, -0.05) is 12.1 Å². The van der Waals surface area contributed by atoms with Crippen LogP contribution in [0.5, 0.6) is 5.75 Å². The van der Waals surface area contributed by atoms with Gasteiger partial charge in [0.1, 0.15) is 12.4 Å². The molecule has 0 aliphatic rings. The predicted molar refractivity (Wildman–Crippen MR) is 92.0 cm³/mol. The molecule has 1 heterocycles. The third-order valence-corrected chi connectivity index (χ3v) is 3.51. The van der Waals surface area contributed by atoms with E-state index in [1.165, 1.54) is 24.3 Å². The summed E-state index contributed by atoms with van der Waals surface area (Å²) in [6.45, 7) is -0.148. The Hall–Kier alpha value is -3.68. The van der Waals surface area contributed by atoms with Crippen molar-refractivity contribution in [1.82, 2.24) is 9.78 Å². The molecule has 0 N–H and O–H groups in total. The maximum absolute atomic E-state index is 11.7. The Balaban J connectivity index is 1.45. The van der Waals surface area contributed by atoms with Crippen molar-refractivity contribution in [3.05, 3.63) is 82.7 Å². The Kier molecular flexibility index (Phi) is 5.23. The molecule has 0 atom stereocenters. The maximum atomic E-state index is 11.7. The highest BCUT2D eigenvalue weighted by Gasteiger charge is 2.08. The van der Waals surface area contributed by atoms with Crippen LogP contribution in [0.3, 0.4) is 0 Å². The monoisotopic (exact) mass is 353 g/mol. The summed E-state index contributed by atoms with van der Waals surface area (Å²) in [5.41, 5.74) is 1.70. The van der Waals surface area contributed by atoms with Crippen LogP contribution >= 0.6 is 0 Å². The van der Waals surface area contributed by atoms with Crippen molar-refractivity contribution < 1.29 is 19.2 Å². The first-order valence-corrected chi connectivity index (χ1v) is 7.73. The predicted octanol–water partition coefficient (Wildman–Crippen LogP) is 2.90. The van der Waals surface area contributed by atoms with Crippen LogP contribution in [0, 0.1) is 10.1 Å². The number of rotatable bonds is 7. The molecule has 0 saturated carbocycles. The number of ether oxygens (including phenoxy) is 2. The lowest BCUT2D eigenvalue weighted by Gasteiger charge is -2.08. The van der Waals surface area contributed by atoms with E-state index in [4.69, 9.17) is 9.47 Å². The van der Waals surface area contributed by atoms with Crippen LogP contribution in [-0.2, 0) is 16.1 Å². The topological polar surface area (TPSA) is 96.5 Å². The minimum absolute atomic E-state index is 0.0431. The zero-order valence-corrected chi connectivity index (χ0v) is 13.6. The first-order chi connectivity index (χ1) is 12.6. The van der Waals surface area contributed by atoms with E-state index in [0.717, 1.165) is 11.3 Å². The summed E-state index contributed by atoms with van der Waals surface area (Å²) in [5.74, 6) is -0.171. The molecule has 0 fully saturated rings. The summed E-state index contributed by atoms with van der Waals surface area (Å²) in [4.78, 5) is 21.8. The van der Waals surface area contributed by atoms with E-state index < -0.39 is 10.9 Å². The standard InChI is InChI=1S/C18H15N3O5/c22-18(13-25-17-8-6-16(7-9-17)21(23)24)26-12-14-2-4-15(5-3-14)20-11-1-10-19-20/h1-11H,12-13H2. The SMILES string of the molecule is O=C(COc1ccc([N+](=O)[O-])cc1)OCc1ccc(-n2cccn2)cc1. The molecule has 0 unspecified atom stereocenters. The van der Waals surface area contributed by atoms with E-state index in [2.05, 4.69) is 5.10 Å². The smallest absolute Gasteiger partial charge is 0.344 e. The number of aromatic nitrogens is 2. The highest BCUT2D eigenvalue weighted by molar-refractivity contribution is 5.71. The first-order valence-electron chi connectivity index (χ1n) is 7.73. The average molecular weight is 353 g/mol. The molecule has 8 heteroatoms. The fraction of sp³-hybridized carbons (Fsp3) is 0.111. The van der Waals surface area contributed by atoms with E-state index in [0.29, 0.717) is 5.75 Å². The van der Waals surface area contributed by atoms with Crippen LogP contribution in [-0.4, -0.2) is 27.3 Å². The molecule has 0 aliphatic heterocycles. The highest BCUT2D eigenvalue weighted by atomic mass is 16.6.